The maximum absolute atomic E-state index is 2.36. The summed E-state index contributed by atoms with van der Waals surface area (Å²) in [6.07, 6.45) is 0. The highest BCUT2D eigenvalue weighted by Crippen LogP contribution is 2.43. The van der Waals surface area contributed by atoms with Crippen molar-refractivity contribution in [2.75, 3.05) is 0 Å². The summed E-state index contributed by atoms with van der Waals surface area (Å²) in [5.74, 6) is 0. The number of benzene rings is 4. The molecular formula is C36H24S3. The van der Waals surface area contributed by atoms with E-state index in [9.17, 15) is 0 Å². The van der Waals surface area contributed by atoms with E-state index in [-0.39, 0.29) is 0 Å². The van der Waals surface area contributed by atoms with Gasteiger partial charge in [0.25, 0.3) is 0 Å². The lowest BCUT2D eigenvalue weighted by molar-refractivity contribution is 1.67. The van der Waals surface area contributed by atoms with Crippen LogP contribution in [0.15, 0.2) is 146 Å². The Morgan fingerprint density at radius 1 is 0.231 bits per heavy atom. The maximum Gasteiger partial charge on any atom is 0.0349 e. The molecule has 0 fully saturated rings. The molecule has 0 nitrogen and oxygen atoms in total. The van der Waals surface area contributed by atoms with Crippen molar-refractivity contribution in [3.05, 3.63) is 146 Å². The van der Waals surface area contributed by atoms with Crippen LogP contribution in [0.2, 0.25) is 0 Å². The van der Waals surface area contributed by atoms with Gasteiger partial charge in [0.15, 0.2) is 0 Å². The predicted octanol–water partition coefficient (Wildman–Crippen LogP) is 11.9. The fourth-order valence-electron chi connectivity index (χ4n) is 4.81. The molecule has 0 saturated heterocycles. The summed E-state index contributed by atoms with van der Waals surface area (Å²) in [5.41, 5.74) is 7.59. The van der Waals surface area contributed by atoms with Gasteiger partial charge in [-0.3, -0.25) is 0 Å². The Hall–Kier alpha value is -4.02. The van der Waals surface area contributed by atoms with Crippen LogP contribution >= 0.6 is 34.0 Å². The fraction of sp³-hybridized carbons (Fsp3) is 0. The van der Waals surface area contributed by atoms with Crippen LogP contribution in [0.4, 0.5) is 0 Å². The molecule has 0 atom stereocenters. The van der Waals surface area contributed by atoms with Crippen LogP contribution in [-0.2, 0) is 0 Å². The minimum absolute atomic E-state index is 1.26. The van der Waals surface area contributed by atoms with Crippen molar-refractivity contribution in [2.45, 2.75) is 0 Å². The third-order valence-electron chi connectivity index (χ3n) is 6.78. The van der Waals surface area contributed by atoms with E-state index in [1.807, 2.05) is 34.0 Å². The Labute approximate surface area is 241 Å². The molecule has 4 aromatic carbocycles. The Kier molecular flexibility index (Phi) is 6.55. The normalized spacial score (nSPS) is 11.1. The monoisotopic (exact) mass is 552 g/mol. The number of thiophene rings is 3. The quantitative estimate of drug-likeness (QED) is 0.192. The molecule has 0 aliphatic carbocycles. The van der Waals surface area contributed by atoms with E-state index in [0.29, 0.717) is 0 Å². The molecule has 0 unspecified atom stereocenters. The van der Waals surface area contributed by atoms with Gasteiger partial charge in [-0.25, -0.2) is 0 Å². The lowest BCUT2D eigenvalue weighted by Crippen LogP contribution is -1.81. The molecule has 3 heteroatoms. The van der Waals surface area contributed by atoms with E-state index in [1.165, 1.54) is 62.6 Å². The van der Waals surface area contributed by atoms with Gasteiger partial charge in [0.05, 0.1) is 0 Å². The second-order valence-corrected chi connectivity index (χ2v) is 12.6. The molecule has 3 aromatic heterocycles. The van der Waals surface area contributed by atoms with Crippen molar-refractivity contribution < 1.29 is 0 Å². The van der Waals surface area contributed by atoms with E-state index >= 15 is 0 Å². The minimum atomic E-state index is 1.26. The van der Waals surface area contributed by atoms with E-state index in [2.05, 4.69) is 146 Å². The van der Waals surface area contributed by atoms with Gasteiger partial charge < -0.3 is 0 Å². The van der Waals surface area contributed by atoms with Crippen molar-refractivity contribution in [1.29, 1.82) is 0 Å². The first kappa shape index (κ1) is 24.1. The lowest BCUT2D eigenvalue weighted by Gasteiger charge is -2.08. The highest BCUT2D eigenvalue weighted by atomic mass is 32.1. The van der Waals surface area contributed by atoms with E-state index < -0.39 is 0 Å². The van der Waals surface area contributed by atoms with E-state index in [0.717, 1.165) is 0 Å². The van der Waals surface area contributed by atoms with Crippen LogP contribution in [0, 0.1) is 0 Å². The predicted molar refractivity (Wildman–Crippen MR) is 173 cm³/mol. The van der Waals surface area contributed by atoms with E-state index in [4.69, 9.17) is 0 Å². The average molecular weight is 553 g/mol. The molecule has 0 spiro atoms. The van der Waals surface area contributed by atoms with Gasteiger partial charge in [0.2, 0.25) is 0 Å². The van der Waals surface area contributed by atoms with Crippen LogP contribution in [0.25, 0.3) is 62.6 Å². The Morgan fingerprint density at radius 3 is 0.718 bits per heavy atom. The van der Waals surface area contributed by atoms with Crippen molar-refractivity contribution in [2.24, 2.45) is 0 Å². The smallest absolute Gasteiger partial charge is 0.0349 e. The highest BCUT2D eigenvalue weighted by molar-refractivity contribution is 7.19. The SMILES string of the molecule is c1ccc(-c2ccc(-c3cc(-c4ccc(-c5ccccc5)s4)cc(-c4ccc(-c5ccccc5)s4)c3)s2)cc1. The van der Waals surface area contributed by atoms with Gasteiger partial charge in [-0.05, 0) is 88.0 Å². The zero-order valence-corrected chi connectivity index (χ0v) is 23.5. The summed E-state index contributed by atoms with van der Waals surface area (Å²) in [5, 5.41) is 0. The zero-order valence-electron chi connectivity index (χ0n) is 21.1. The molecule has 0 saturated carbocycles. The summed E-state index contributed by atoms with van der Waals surface area (Å²) < 4.78 is 0. The van der Waals surface area contributed by atoms with Gasteiger partial charge >= 0.3 is 0 Å². The highest BCUT2D eigenvalue weighted by Gasteiger charge is 2.13. The second-order valence-electron chi connectivity index (χ2n) is 9.39. The second kappa shape index (κ2) is 10.6. The first-order chi connectivity index (χ1) is 19.3. The topological polar surface area (TPSA) is 0 Å². The Morgan fingerprint density at radius 2 is 0.462 bits per heavy atom. The summed E-state index contributed by atoms with van der Waals surface area (Å²) in [6.45, 7) is 0. The Balaban J connectivity index is 1.33. The van der Waals surface area contributed by atoms with Gasteiger partial charge in [0, 0.05) is 29.3 Å². The minimum Gasteiger partial charge on any atom is -0.135 e. The molecule has 7 rings (SSSR count). The lowest BCUT2D eigenvalue weighted by atomic mass is 10.0. The average Bonchev–Trinajstić information content (AvgIpc) is 3.80. The molecule has 0 bridgehead atoms. The summed E-state index contributed by atoms with van der Waals surface area (Å²) in [6, 6.07) is 52.6. The van der Waals surface area contributed by atoms with Gasteiger partial charge in [-0.1, -0.05) is 91.0 Å². The Bertz CT molecular complexity index is 1610. The van der Waals surface area contributed by atoms with Crippen molar-refractivity contribution in [3.8, 4) is 62.6 Å². The van der Waals surface area contributed by atoms with Crippen LogP contribution in [-0.4, -0.2) is 0 Å². The van der Waals surface area contributed by atoms with Gasteiger partial charge in [-0.15, -0.1) is 34.0 Å². The molecule has 7 aromatic rings. The molecule has 0 aliphatic rings. The zero-order chi connectivity index (χ0) is 26.0. The third-order valence-corrected chi connectivity index (χ3v) is 10.3. The molecule has 3 heterocycles. The van der Waals surface area contributed by atoms with Crippen LogP contribution in [0.1, 0.15) is 0 Å². The van der Waals surface area contributed by atoms with Crippen molar-refractivity contribution >= 4 is 34.0 Å². The molecule has 186 valence electrons. The molecule has 0 amide bonds. The molecule has 0 N–H and O–H groups in total. The standard InChI is InChI=1S/C36H24S3/c1-4-10-25(11-5-1)31-16-19-34(37-31)28-22-29(35-20-17-32(38-35)26-12-6-2-7-13-26)24-30(23-28)36-21-18-33(39-36)27-14-8-3-9-15-27/h1-24H. The molecular weight excluding hydrogens is 529 g/mol. The molecule has 0 radical (unpaired) electrons. The third kappa shape index (κ3) is 5.05. The summed E-state index contributed by atoms with van der Waals surface area (Å²) >= 11 is 5.57. The van der Waals surface area contributed by atoms with Gasteiger partial charge in [0.1, 0.15) is 0 Å². The number of hydrogen-bond donors (Lipinski definition) is 0. The van der Waals surface area contributed by atoms with Crippen LogP contribution in [0.5, 0.6) is 0 Å². The number of rotatable bonds is 6. The number of hydrogen-bond acceptors (Lipinski definition) is 3. The van der Waals surface area contributed by atoms with E-state index in [1.54, 1.807) is 0 Å². The maximum atomic E-state index is 2.36. The van der Waals surface area contributed by atoms with Crippen LogP contribution < -0.4 is 0 Å². The summed E-state index contributed by atoms with van der Waals surface area (Å²) in [4.78, 5) is 7.75. The van der Waals surface area contributed by atoms with Crippen LogP contribution in [0.3, 0.4) is 0 Å². The largest absolute Gasteiger partial charge is 0.135 e. The first-order valence-electron chi connectivity index (χ1n) is 12.9. The first-order valence-corrected chi connectivity index (χ1v) is 15.4. The molecule has 39 heavy (non-hydrogen) atoms. The summed E-state index contributed by atoms with van der Waals surface area (Å²) in [7, 11) is 0. The molecule has 0 aliphatic heterocycles. The van der Waals surface area contributed by atoms with Crippen molar-refractivity contribution in [3.63, 3.8) is 0 Å². The van der Waals surface area contributed by atoms with Gasteiger partial charge in [-0.2, -0.15) is 0 Å². The fourth-order valence-corrected chi connectivity index (χ4v) is 7.80. The van der Waals surface area contributed by atoms with Crippen molar-refractivity contribution in [1.82, 2.24) is 0 Å².